The van der Waals surface area contributed by atoms with Gasteiger partial charge in [-0.1, -0.05) is 0 Å². The van der Waals surface area contributed by atoms with E-state index in [1.807, 2.05) is 30.7 Å². The number of pyridine rings is 1. The Labute approximate surface area is 125 Å². The minimum absolute atomic E-state index is 0.307. The van der Waals surface area contributed by atoms with Crippen molar-refractivity contribution in [3.8, 4) is 0 Å². The molecule has 0 aromatic carbocycles. The Morgan fingerprint density at radius 2 is 2.14 bits per heavy atom. The monoisotopic (exact) mass is 295 g/mol. The number of ether oxygens (including phenoxy) is 1. The molecule has 0 saturated carbocycles. The Kier molecular flexibility index (Phi) is 6.78. The molecule has 1 heterocycles. The van der Waals surface area contributed by atoms with E-state index in [-0.39, 0.29) is 5.97 Å². The van der Waals surface area contributed by atoms with Crippen molar-refractivity contribution in [1.29, 1.82) is 0 Å². The zero-order chi connectivity index (χ0) is 15.7. The van der Waals surface area contributed by atoms with E-state index in [1.54, 1.807) is 19.2 Å². The molecule has 0 N–H and O–H groups in total. The lowest BCUT2D eigenvalue weighted by molar-refractivity contribution is -0.697. The lowest BCUT2D eigenvalue weighted by atomic mass is 10.0. The average Bonchev–Trinajstić information content (AvgIpc) is 2.44. The summed E-state index contributed by atoms with van der Waals surface area (Å²) in [6.45, 7) is 6.62. The molecule has 0 aliphatic carbocycles. The summed E-state index contributed by atoms with van der Waals surface area (Å²) in [5.74, 6) is -0.307. The highest BCUT2D eigenvalue weighted by atomic mass is 16.7. The molecule has 116 valence electrons. The highest BCUT2D eigenvalue weighted by Gasteiger charge is 2.20. The van der Waals surface area contributed by atoms with Gasteiger partial charge in [-0.25, -0.2) is 9.36 Å². The number of hydrogen-bond donors (Lipinski definition) is 0. The number of esters is 1. The zero-order valence-corrected chi connectivity index (χ0v) is 12.9. The molecule has 0 amide bonds. The van der Waals surface area contributed by atoms with Crippen molar-refractivity contribution in [2.24, 2.45) is 5.34 Å². The predicted octanol–water partition coefficient (Wildman–Crippen LogP) is 2.80. The van der Waals surface area contributed by atoms with Crippen LogP contribution in [0.15, 0.2) is 29.9 Å². The first-order valence-electron chi connectivity index (χ1n) is 7.15. The van der Waals surface area contributed by atoms with Gasteiger partial charge >= 0.3 is 5.97 Å². The fourth-order valence-electron chi connectivity index (χ4n) is 1.99. The fourth-order valence-corrected chi connectivity index (χ4v) is 1.99. The van der Waals surface area contributed by atoms with Crippen LogP contribution in [0.2, 0.25) is 0 Å². The van der Waals surface area contributed by atoms with E-state index in [2.05, 4.69) is 5.34 Å². The van der Waals surface area contributed by atoms with E-state index in [0.717, 1.165) is 25.8 Å². The number of unbranched alkanes of at least 4 members (excludes halogenated alkanes) is 1. The van der Waals surface area contributed by atoms with Crippen LogP contribution in [0.1, 0.15) is 50.4 Å². The number of nitrogens with zero attached hydrogens (tertiary/aromatic N) is 2. The molecular weight excluding hydrogens is 272 g/mol. The van der Waals surface area contributed by atoms with Crippen molar-refractivity contribution in [2.45, 2.75) is 52.2 Å². The molecule has 1 rings (SSSR count). The number of aryl methyl sites for hydroxylation is 1. The van der Waals surface area contributed by atoms with Crippen LogP contribution >= 0.6 is 0 Å². The molecule has 0 aliphatic heterocycles. The molecule has 0 spiro atoms. The maximum absolute atomic E-state index is 11.6. The third-order valence-corrected chi connectivity index (χ3v) is 3.10. The summed E-state index contributed by atoms with van der Waals surface area (Å²) < 4.78 is 6.93. The van der Waals surface area contributed by atoms with E-state index in [1.165, 1.54) is 0 Å². The van der Waals surface area contributed by atoms with Gasteiger partial charge in [-0.05, 0) is 39.7 Å². The van der Waals surface area contributed by atoms with E-state index in [9.17, 15) is 9.70 Å². The van der Waals surface area contributed by atoms with Gasteiger partial charge in [0.1, 0.15) is 17.7 Å². The lowest BCUT2D eigenvalue weighted by Crippen LogP contribution is -2.34. The Morgan fingerprint density at radius 3 is 2.81 bits per heavy atom. The summed E-state index contributed by atoms with van der Waals surface area (Å²) in [6.07, 6.45) is 6.27. The number of rotatable bonds is 9. The summed E-state index contributed by atoms with van der Waals surface area (Å²) in [7, 11) is 0. The second kappa shape index (κ2) is 8.34. The number of carbonyl (C=O) groups excluding carboxylic acids is 1. The van der Waals surface area contributed by atoms with Gasteiger partial charge in [0.15, 0.2) is 17.7 Å². The third-order valence-electron chi connectivity index (χ3n) is 3.10. The molecular formula is C15H23N2O4+. The van der Waals surface area contributed by atoms with E-state index in [0.29, 0.717) is 12.2 Å². The summed E-state index contributed by atoms with van der Waals surface area (Å²) in [6, 6.07) is 3.57. The van der Waals surface area contributed by atoms with Crippen LogP contribution in [0.3, 0.4) is 0 Å². The van der Waals surface area contributed by atoms with Gasteiger partial charge in [0, 0.05) is 12.5 Å². The molecule has 6 heteroatoms. The van der Waals surface area contributed by atoms with Crippen LogP contribution in [0.25, 0.3) is 0 Å². The second-order valence-electron chi connectivity index (χ2n) is 5.43. The molecule has 0 bridgehead atoms. The maximum atomic E-state index is 11.6. The van der Waals surface area contributed by atoms with Gasteiger partial charge in [-0.2, -0.15) is 0 Å². The fraction of sp³-hybridized carbons (Fsp3) is 0.600. The first-order chi connectivity index (χ1) is 9.98. The minimum Gasteiger partial charge on any atom is -0.462 e. The van der Waals surface area contributed by atoms with E-state index < -0.39 is 5.60 Å². The summed E-state index contributed by atoms with van der Waals surface area (Å²) in [4.78, 5) is 26.5. The summed E-state index contributed by atoms with van der Waals surface area (Å²) >= 11 is 0. The van der Waals surface area contributed by atoms with Gasteiger partial charge in [0.25, 0.3) is 0 Å². The third kappa shape index (κ3) is 6.33. The van der Waals surface area contributed by atoms with Crippen molar-refractivity contribution in [3.05, 3.63) is 35.0 Å². The van der Waals surface area contributed by atoms with Crippen molar-refractivity contribution in [1.82, 2.24) is 0 Å². The van der Waals surface area contributed by atoms with Gasteiger partial charge in [-0.15, -0.1) is 4.91 Å². The molecule has 0 radical (unpaired) electrons. The number of carbonyl (C=O) groups is 1. The second-order valence-corrected chi connectivity index (χ2v) is 5.43. The van der Waals surface area contributed by atoms with Crippen molar-refractivity contribution >= 4 is 5.97 Å². The topological polar surface area (TPSA) is 68.8 Å². The predicted molar refractivity (Wildman–Crippen MR) is 77.4 cm³/mol. The molecule has 0 atom stereocenters. The minimum atomic E-state index is -0.529. The Hall–Kier alpha value is -1.98. The quantitative estimate of drug-likeness (QED) is 0.231. The van der Waals surface area contributed by atoms with Crippen LogP contribution in [0, 0.1) is 4.91 Å². The van der Waals surface area contributed by atoms with Crippen molar-refractivity contribution < 1.29 is 18.9 Å². The SMILES string of the molecule is CCOC(=O)c1ccc[n+](CCCCC(C)(C)ON=O)c1. The lowest BCUT2D eigenvalue weighted by Gasteiger charge is -2.19. The van der Waals surface area contributed by atoms with Crippen molar-refractivity contribution in [3.63, 3.8) is 0 Å². The van der Waals surface area contributed by atoms with E-state index in [4.69, 9.17) is 9.57 Å². The van der Waals surface area contributed by atoms with Gasteiger partial charge < -0.3 is 9.57 Å². The molecule has 0 saturated heterocycles. The number of hydrogen-bond acceptors (Lipinski definition) is 5. The average molecular weight is 295 g/mol. The smallest absolute Gasteiger partial charge is 0.344 e. The summed E-state index contributed by atoms with van der Waals surface area (Å²) in [5, 5.41) is 2.49. The molecule has 6 nitrogen and oxygen atoms in total. The van der Waals surface area contributed by atoms with Crippen LogP contribution in [0.4, 0.5) is 0 Å². The Balaban J connectivity index is 2.44. The van der Waals surface area contributed by atoms with Gasteiger partial charge in [0.2, 0.25) is 0 Å². The van der Waals surface area contributed by atoms with Gasteiger partial charge in [-0.3, -0.25) is 0 Å². The Morgan fingerprint density at radius 1 is 1.38 bits per heavy atom. The van der Waals surface area contributed by atoms with Gasteiger partial charge in [0.05, 0.1) is 6.61 Å². The highest BCUT2D eigenvalue weighted by Crippen LogP contribution is 2.17. The molecule has 1 aromatic rings. The molecule has 0 fully saturated rings. The van der Waals surface area contributed by atoms with E-state index >= 15 is 0 Å². The van der Waals surface area contributed by atoms with Crippen molar-refractivity contribution in [2.75, 3.05) is 6.61 Å². The van der Waals surface area contributed by atoms with Crippen LogP contribution in [-0.2, 0) is 16.1 Å². The standard InChI is InChI=1S/C15H23N2O4/c1-4-20-14(18)13-8-7-11-17(12-13)10-6-5-9-15(2,3)21-16-19/h7-8,11-12H,4-6,9-10H2,1-3H3/q+1. The highest BCUT2D eigenvalue weighted by molar-refractivity contribution is 5.88. The molecule has 0 unspecified atom stereocenters. The first-order valence-corrected chi connectivity index (χ1v) is 7.15. The molecule has 1 aromatic heterocycles. The number of aromatic nitrogens is 1. The van der Waals surface area contributed by atoms with Crippen LogP contribution in [-0.4, -0.2) is 18.2 Å². The van der Waals surface area contributed by atoms with Crippen LogP contribution < -0.4 is 4.57 Å². The first kappa shape index (κ1) is 17.1. The molecule has 0 aliphatic rings. The largest absolute Gasteiger partial charge is 0.462 e. The normalized spacial score (nSPS) is 11.0. The maximum Gasteiger partial charge on any atom is 0.344 e. The Bertz CT molecular complexity index is 474. The van der Waals surface area contributed by atoms with Crippen LogP contribution in [0.5, 0.6) is 0 Å². The zero-order valence-electron chi connectivity index (χ0n) is 12.9. The summed E-state index contributed by atoms with van der Waals surface area (Å²) in [5.41, 5.74) is 0.0207. The molecule has 21 heavy (non-hydrogen) atoms.